The van der Waals surface area contributed by atoms with Crippen LogP contribution in [0.4, 0.5) is 18.0 Å². The summed E-state index contributed by atoms with van der Waals surface area (Å²) in [6.45, 7) is 0.285. The maximum atomic E-state index is 12.0. The highest BCUT2D eigenvalue weighted by atomic mass is 19.4. The molecule has 1 saturated heterocycles. The Labute approximate surface area is 120 Å². The van der Waals surface area contributed by atoms with Crippen molar-refractivity contribution >= 4 is 6.09 Å². The Morgan fingerprint density at radius 3 is 2.71 bits per heavy atom. The summed E-state index contributed by atoms with van der Waals surface area (Å²) in [6, 6.07) is 3.33. The summed E-state index contributed by atoms with van der Waals surface area (Å²) >= 11 is 0. The van der Waals surface area contributed by atoms with Gasteiger partial charge < -0.3 is 14.5 Å². The van der Waals surface area contributed by atoms with Crippen LogP contribution in [-0.4, -0.2) is 43.4 Å². The van der Waals surface area contributed by atoms with Crippen LogP contribution >= 0.6 is 0 Å². The van der Waals surface area contributed by atoms with E-state index in [2.05, 4.69) is 15.0 Å². The van der Waals surface area contributed by atoms with Crippen molar-refractivity contribution in [3.63, 3.8) is 0 Å². The van der Waals surface area contributed by atoms with Gasteiger partial charge in [0.05, 0.1) is 12.3 Å². The van der Waals surface area contributed by atoms with Gasteiger partial charge in [-0.05, 0) is 38.1 Å². The Hall–Kier alpha value is -1.70. The first-order valence-corrected chi connectivity index (χ1v) is 6.70. The van der Waals surface area contributed by atoms with Gasteiger partial charge in [-0.15, -0.1) is 0 Å². The van der Waals surface area contributed by atoms with Gasteiger partial charge in [-0.25, -0.2) is 4.79 Å². The first-order valence-electron chi connectivity index (χ1n) is 6.70. The zero-order valence-electron chi connectivity index (χ0n) is 11.4. The van der Waals surface area contributed by atoms with Crippen LogP contribution in [0, 0.1) is 0 Å². The molecule has 2 rings (SSSR count). The van der Waals surface area contributed by atoms with Gasteiger partial charge >= 0.3 is 12.3 Å². The molecule has 1 atom stereocenters. The Morgan fingerprint density at radius 1 is 1.43 bits per heavy atom. The number of halogens is 3. The van der Waals surface area contributed by atoms with Gasteiger partial charge in [0.2, 0.25) is 0 Å². The van der Waals surface area contributed by atoms with Crippen LogP contribution < -0.4 is 5.32 Å². The molecule has 0 aliphatic carbocycles. The van der Waals surface area contributed by atoms with Crippen molar-refractivity contribution in [2.45, 2.75) is 25.1 Å². The van der Waals surface area contributed by atoms with Crippen molar-refractivity contribution < 1.29 is 27.1 Å². The molecule has 0 bridgehead atoms. The number of carbonyl (C=O) groups excluding carboxylic acids is 1. The third-order valence-corrected chi connectivity index (χ3v) is 3.26. The van der Waals surface area contributed by atoms with E-state index >= 15 is 0 Å². The lowest BCUT2D eigenvalue weighted by Crippen LogP contribution is -2.37. The molecule has 5 nitrogen and oxygen atoms in total. The fourth-order valence-electron chi connectivity index (χ4n) is 2.32. The van der Waals surface area contributed by atoms with E-state index in [4.69, 9.17) is 4.42 Å². The number of rotatable bonds is 5. The van der Waals surface area contributed by atoms with E-state index in [0.717, 1.165) is 25.9 Å². The van der Waals surface area contributed by atoms with E-state index in [1.54, 1.807) is 12.1 Å². The highest BCUT2D eigenvalue weighted by Gasteiger charge is 2.30. The van der Waals surface area contributed by atoms with E-state index < -0.39 is 18.9 Å². The third kappa shape index (κ3) is 4.96. The molecule has 1 aromatic heterocycles. The molecular formula is C13H17F3N2O3. The minimum absolute atomic E-state index is 0.143. The van der Waals surface area contributed by atoms with Crippen molar-refractivity contribution in [3.05, 3.63) is 24.2 Å². The average molecular weight is 306 g/mol. The smallest absolute Gasteiger partial charge is 0.422 e. The summed E-state index contributed by atoms with van der Waals surface area (Å²) in [7, 11) is 0. The average Bonchev–Trinajstić information content (AvgIpc) is 3.09. The van der Waals surface area contributed by atoms with Crippen molar-refractivity contribution in [2.75, 3.05) is 26.2 Å². The molecule has 0 unspecified atom stereocenters. The van der Waals surface area contributed by atoms with Crippen LogP contribution in [0.5, 0.6) is 0 Å². The SMILES string of the molecule is O=C(NC[C@H](c1ccco1)N1CCCC1)OCC(F)(F)F. The fourth-order valence-corrected chi connectivity index (χ4v) is 2.32. The largest absolute Gasteiger partial charge is 0.468 e. The van der Waals surface area contributed by atoms with Crippen LogP contribution in [0.1, 0.15) is 24.6 Å². The molecule has 2 heterocycles. The van der Waals surface area contributed by atoms with Gasteiger partial charge in [-0.3, -0.25) is 4.90 Å². The summed E-state index contributed by atoms with van der Waals surface area (Å²) in [5, 5.41) is 2.36. The number of alkyl halides is 3. The van der Waals surface area contributed by atoms with Gasteiger partial charge in [0.25, 0.3) is 0 Å². The first-order chi connectivity index (χ1) is 9.96. The zero-order chi connectivity index (χ0) is 15.3. The minimum Gasteiger partial charge on any atom is -0.468 e. The van der Waals surface area contributed by atoms with Gasteiger partial charge in [0.1, 0.15) is 5.76 Å². The Morgan fingerprint density at radius 2 is 2.14 bits per heavy atom. The second-order valence-corrected chi connectivity index (χ2v) is 4.85. The van der Waals surface area contributed by atoms with Crippen LogP contribution in [0.3, 0.4) is 0 Å². The number of nitrogens with zero attached hydrogens (tertiary/aromatic N) is 1. The molecule has 1 aromatic rings. The highest BCUT2D eigenvalue weighted by Crippen LogP contribution is 2.24. The van der Waals surface area contributed by atoms with Crippen molar-refractivity contribution in [1.29, 1.82) is 0 Å². The Bertz CT molecular complexity index is 442. The first kappa shape index (κ1) is 15.7. The van der Waals surface area contributed by atoms with Gasteiger partial charge in [0.15, 0.2) is 6.61 Å². The molecule has 0 radical (unpaired) electrons. The number of hydrogen-bond acceptors (Lipinski definition) is 4. The number of likely N-dealkylation sites (tertiary alicyclic amines) is 1. The lowest BCUT2D eigenvalue weighted by molar-refractivity contribution is -0.160. The summed E-state index contributed by atoms with van der Waals surface area (Å²) in [5.74, 6) is 0.674. The number of hydrogen-bond donors (Lipinski definition) is 1. The normalized spacial score (nSPS) is 17.7. The van der Waals surface area contributed by atoms with Gasteiger partial charge in [-0.1, -0.05) is 0 Å². The van der Waals surface area contributed by atoms with E-state index in [9.17, 15) is 18.0 Å². The van der Waals surface area contributed by atoms with E-state index in [1.807, 2.05) is 0 Å². The highest BCUT2D eigenvalue weighted by molar-refractivity contribution is 5.67. The molecule has 1 aliphatic rings. The summed E-state index contributed by atoms with van der Waals surface area (Å²) in [4.78, 5) is 13.4. The maximum absolute atomic E-state index is 12.0. The fraction of sp³-hybridized carbons (Fsp3) is 0.615. The number of amides is 1. The monoisotopic (exact) mass is 306 g/mol. The zero-order valence-corrected chi connectivity index (χ0v) is 11.4. The molecule has 1 N–H and O–H groups in total. The quantitative estimate of drug-likeness (QED) is 0.909. The summed E-state index contributed by atoms with van der Waals surface area (Å²) in [5.41, 5.74) is 0. The molecule has 1 amide bonds. The molecule has 0 aromatic carbocycles. The van der Waals surface area contributed by atoms with E-state index in [1.165, 1.54) is 6.26 Å². The number of nitrogens with one attached hydrogen (secondary N) is 1. The molecule has 0 saturated carbocycles. The van der Waals surface area contributed by atoms with Gasteiger partial charge in [0, 0.05) is 6.54 Å². The van der Waals surface area contributed by atoms with E-state index in [0.29, 0.717) is 5.76 Å². The second kappa shape index (κ2) is 6.84. The molecule has 0 spiro atoms. The number of furan rings is 1. The number of alkyl carbamates (subject to hydrolysis) is 1. The molecule has 8 heteroatoms. The summed E-state index contributed by atoms with van der Waals surface area (Å²) in [6.07, 6.45) is -1.97. The molecule has 118 valence electrons. The van der Waals surface area contributed by atoms with Crippen LogP contribution in [0.2, 0.25) is 0 Å². The third-order valence-electron chi connectivity index (χ3n) is 3.26. The summed E-state index contributed by atoms with van der Waals surface area (Å²) < 4.78 is 45.3. The van der Waals surface area contributed by atoms with Crippen molar-refractivity contribution in [3.8, 4) is 0 Å². The Kier molecular flexibility index (Phi) is 5.11. The predicted octanol–water partition coefficient (Wildman–Crippen LogP) is 2.71. The molecule has 21 heavy (non-hydrogen) atoms. The second-order valence-electron chi connectivity index (χ2n) is 4.85. The predicted molar refractivity (Wildman–Crippen MR) is 67.7 cm³/mol. The van der Waals surface area contributed by atoms with Crippen LogP contribution in [0.25, 0.3) is 0 Å². The lowest BCUT2D eigenvalue weighted by Gasteiger charge is -2.25. The maximum Gasteiger partial charge on any atom is 0.422 e. The number of ether oxygens (including phenoxy) is 1. The topological polar surface area (TPSA) is 54.7 Å². The molecule has 1 aliphatic heterocycles. The van der Waals surface area contributed by atoms with Crippen LogP contribution in [-0.2, 0) is 4.74 Å². The van der Waals surface area contributed by atoms with Crippen molar-refractivity contribution in [2.24, 2.45) is 0 Å². The molecule has 1 fully saturated rings. The Balaban J connectivity index is 1.86. The minimum atomic E-state index is -4.52. The van der Waals surface area contributed by atoms with Crippen LogP contribution in [0.15, 0.2) is 22.8 Å². The standard InChI is InChI=1S/C13H17F3N2O3/c14-13(15,16)9-21-12(19)17-8-10(11-4-3-7-20-11)18-5-1-2-6-18/h3-4,7,10H,1-2,5-6,8-9H2,(H,17,19)/t10-/m1/s1. The lowest BCUT2D eigenvalue weighted by atomic mass is 10.2. The van der Waals surface area contributed by atoms with E-state index in [-0.39, 0.29) is 12.6 Å². The molecular weight excluding hydrogens is 289 g/mol. The van der Waals surface area contributed by atoms with Crippen molar-refractivity contribution in [1.82, 2.24) is 10.2 Å². The number of carbonyl (C=O) groups is 1. The van der Waals surface area contributed by atoms with Gasteiger partial charge in [-0.2, -0.15) is 13.2 Å².